The summed E-state index contributed by atoms with van der Waals surface area (Å²) in [4.78, 5) is 36.2. The summed E-state index contributed by atoms with van der Waals surface area (Å²) in [5, 5.41) is 14.7. The van der Waals surface area contributed by atoms with E-state index in [1.807, 2.05) is 24.3 Å². The van der Waals surface area contributed by atoms with Crippen LogP contribution in [0.15, 0.2) is 48.5 Å². The fourth-order valence-electron chi connectivity index (χ4n) is 5.06. The standard InChI is InChI=1S/C26H30N2O5/c1-16(25(31)28-23-13-7-2-8-17(23)14-24(29)30)27-26(32)33-15-22-20-11-5-3-9-18(20)19-10-4-6-12-21(19)22/h3-6,9-12,16-17,22-23H,2,7-8,13-15H2,1H3,(H,27,32)(H,28,31)(H,29,30)/t16?,17-,23-/m1/s1. The van der Waals surface area contributed by atoms with Gasteiger partial charge in [-0.15, -0.1) is 0 Å². The van der Waals surface area contributed by atoms with Crippen molar-refractivity contribution in [1.82, 2.24) is 10.6 Å². The number of amides is 2. The maximum absolute atomic E-state index is 12.6. The molecule has 0 heterocycles. The van der Waals surface area contributed by atoms with Crippen molar-refractivity contribution >= 4 is 18.0 Å². The number of carboxylic acid groups (broad SMARTS) is 1. The van der Waals surface area contributed by atoms with Crippen LogP contribution in [-0.2, 0) is 14.3 Å². The Morgan fingerprint density at radius 1 is 1.00 bits per heavy atom. The number of hydrogen-bond donors (Lipinski definition) is 3. The predicted molar refractivity (Wildman–Crippen MR) is 124 cm³/mol. The number of nitrogens with one attached hydrogen (secondary N) is 2. The summed E-state index contributed by atoms with van der Waals surface area (Å²) in [6.07, 6.45) is 2.85. The van der Waals surface area contributed by atoms with Crippen molar-refractivity contribution in [3.05, 3.63) is 59.7 Å². The van der Waals surface area contributed by atoms with E-state index in [4.69, 9.17) is 9.84 Å². The summed E-state index contributed by atoms with van der Waals surface area (Å²) in [6.45, 7) is 1.78. The Balaban J connectivity index is 1.32. The molecule has 2 aromatic rings. The molecule has 1 saturated carbocycles. The number of hydrogen-bond acceptors (Lipinski definition) is 4. The lowest BCUT2D eigenvalue weighted by Crippen LogP contribution is -2.51. The van der Waals surface area contributed by atoms with Gasteiger partial charge >= 0.3 is 12.1 Å². The molecule has 3 N–H and O–H groups in total. The normalized spacial score (nSPS) is 20.3. The lowest BCUT2D eigenvalue weighted by atomic mass is 9.82. The first-order chi connectivity index (χ1) is 15.9. The van der Waals surface area contributed by atoms with E-state index >= 15 is 0 Å². The van der Waals surface area contributed by atoms with Gasteiger partial charge in [0.15, 0.2) is 0 Å². The van der Waals surface area contributed by atoms with Crippen molar-refractivity contribution in [1.29, 1.82) is 0 Å². The van der Waals surface area contributed by atoms with E-state index in [1.54, 1.807) is 6.92 Å². The van der Waals surface area contributed by atoms with Crippen molar-refractivity contribution < 1.29 is 24.2 Å². The second kappa shape index (κ2) is 10.1. The lowest BCUT2D eigenvalue weighted by Gasteiger charge is -2.32. The highest BCUT2D eigenvalue weighted by atomic mass is 16.5. The van der Waals surface area contributed by atoms with Crippen LogP contribution in [0.5, 0.6) is 0 Å². The number of fused-ring (bicyclic) bond motifs is 3. The molecule has 4 rings (SSSR count). The van der Waals surface area contributed by atoms with Crippen LogP contribution in [0, 0.1) is 5.92 Å². The minimum Gasteiger partial charge on any atom is -0.481 e. The van der Waals surface area contributed by atoms with E-state index < -0.39 is 18.1 Å². The molecule has 0 radical (unpaired) electrons. The molecule has 0 aliphatic heterocycles. The maximum atomic E-state index is 12.6. The minimum atomic E-state index is -0.856. The summed E-state index contributed by atoms with van der Waals surface area (Å²) in [6, 6.07) is 15.2. The van der Waals surface area contributed by atoms with E-state index in [-0.39, 0.29) is 36.8 Å². The molecule has 0 saturated heterocycles. The van der Waals surface area contributed by atoms with E-state index in [0.29, 0.717) is 0 Å². The molecular weight excluding hydrogens is 420 g/mol. The van der Waals surface area contributed by atoms with Gasteiger partial charge in [0.2, 0.25) is 5.91 Å². The van der Waals surface area contributed by atoms with Gasteiger partial charge in [-0.25, -0.2) is 4.79 Å². The Morgan fingerprint density at radius 2 is 1.61 bits per heavy atom. The number of carbonyl (C=O) groups excluding carboxylic acids is 2. The average Bonchev–Trinajstić information content (AvgIpc) is 3.12. The van der Waals surface area contributed by atoms with Crippen LogP contribution in [-0.4, -0.2) is 41.8 Å². The molecule has 3 atom stereocenters. The Morgan fingerprint density at radius 3 is 2.24 bits per heavy atom. The molecule has 174 valence electrons. The molecule has 2 aromatic carbocycles. The number of rotatable bonds is 7. The van der Waals surface area contributed by atoms with Crippen LogP contribution in [0.25, 0.3) is 11.1 Å². The number of carbonyl (C=O) groups is 3. The Bertz CT molecular complexity index is 991. The quantitative estimate of drug-likeness (QED) is 0.590. The number of carboxylic acids is 1. The summed E-state index contributed by atoms with van der Waals surface area (Å²) in [5.41, 5.74) is 4.55. The number of aliphatic carboxylic acids is 1. The first-order valence-electron chi connectivity index (χ1n) is 11.6. The van der Waals surface area contributed by atoms with Gasteiger partial charge in [0.05, 0.1) is 6.42 Å². The number of benzene rings is 2. The summed E-state index contributed by atoms with van der Waals surface area (Å²) < 4.78 is 5.52. The van der Waals surface area contributed by atoms with Gasteiger partial charge in [-0.2, -0.15) is 0 Å². The zero-order valence-electron chi connectivity index (χ0n) is 18.8. The van der Waals surface area contributed by atoms with Crippen molar-refractivity contribution in [2.75, 3.05) is 6.61 Å². The SMILES string of the molecule is CC(NC(=O)OCC1c2ccccc2-c2ccccc21)C(=O)N[C@@H]1CCCC[C@@H]1CC(=O)O. The van der Waals surface area contributed by atoms with Crippen LogP contribution < -0.4 is 10.6 Å². The Kier molecular flexibility index (Phi) is 6.96. The zero-order valence-corrected chi connectivity index (χ0v) is 18.8. The number of alkyl carbamates (subject to hydrolysis) is 1. The van der Waals surface area contributed by atoms with Crippen molar-refractivity contribution in [2.45, 2.75) is 57.0 Å². The summed E-state index contributed by atoms with van der Waals surface area (Å²) in [7, 11) is 0. The van der Waals surface area contributed by atoms with Crippen LogP contribution >= 0.6 is 0 Å². The molecular formula is C26H30N2O5. The fraction of sp³-hybridized carbons (Fsp3) is 0.423. The topological polar surface area (TPSA) is 105 Å². The third kappa shape index (κ3) is 5.18. The molecule has 33 heavy (non-hydrogen) atoms. The summed E-state index contributed by atoms with van der Waals surface area (Å²) >= 11 is 0. The molecule has 2 amide bonds. The van der Waals surface area contributed by atoms with Crippen LogP contribution in [0.3, 0.4) is 0 Å². The Labute approximate surface area is 193 Å². The van der Waals surface area contributed by atoms with Gasteiger partial charge in [-0.1, -0.05) is 61.4 Å². The van der Waals surface area contributed by atoms with Crippen molar-refractivity contribution in [2.24, 2.45) is 5.92 Å². The Hall–Kier alpha value is -3.35. The lowest BCUT2D eigenvalue weighted by molar-refractivity contribution is -0.139. The highest BCUT2D eigenvalue weighted by Gasteiger charge is 2.31. The summed E-state index contributed by atoms with van der Waals surface area (Å²) in [5.74, 6) is -1.31. The van der Waals surface area contributed by atoms with Gasteiger partial charge in [-0.05, 0) is 47.9 Å². The monoisotopic (exact) mass is 450 g/mol. The largest absolute Gasteiger partial charge is 0.481 e. The average molecular weight is 451 g/mol. The predicted octanol–water partition coefficient (Wildman–Crippen LogP) is 4.06. The second-order valence-corrected chi connectivity index (χ2v) is 8.95. The zero-order chi connectivity index (χ0) is 23.4. The molecule has 7 nitrogen and oxygen atoms in total. The fourth-order valence-corrected chi connectivity index (χ4v) is 5.06. The molecule has 0 aromatic heterocycles. The van der Waals surface area contributed by atoms with Crippen LogP contribution in [0.4, 0.5) is 4.79 Å². The second-order valence-electron chi connectivity index (χ2n) is 8.95. The van der Waals surface area contributed by atoms with Gasteiger partial charge < -0.3 is 20.5 Å². The third-order valence-corrected chi connectivity index (χ3v) is 6.74. The molecule has 1 unspecified atom stereocenters. The third-order valence-electron chi connectivity index (χ3n) is 6.74. The first-order valence-corrected chi connectivity index (χ1v) is 11.6. The van der Waals surface area contributed by atoms with E-state index in [9.17, 15) is 14.4 Å². The van der Waals surface area contributed by atoms with E-state index in [1.165, 1.54) is 0 Å². The maximum Gasteiger partial charge on any atom is 0.407 e. The highest BCUT2D eigenvalue weighted by Crippen LogP contribution is 2.44. The van der Waals surface area contributed by atoms with Crippen molar-refractivity contribution in [3.63, 3.8) is 0 Å². The van der Waals surface area contributed by atoms with E-state index in [2.05, 4.69) is 34.9 Å². The molecule has 7 heteroatoms. The molecule has 1 fully saturated rings. The van der Waals surface area contributed by atoms with Gasteiger partial charge in [0, 0.05) is 12.0 Å². The molecule has 2 aliphatic carbocycles. The van der Waals surface area contributed by atoms with Crippen LogP contribution in [0.2, 0.25) is 0 Å². The van der Waals surface area contributed by atoms with Crippen LogP contribution in [0.1, 0.15) is 56.1 Å². The first kappa shape index (κ1) is 22.8. The molecule has 0 spiro atoms. The molecule has 2 aliphatic rings. The van der Waals surface area contributed by atoms with Gasteiger partial charge in [0.1, 0.15) is 12.6 Å². The smallest absolute Gasteiger partial charge is 0.407 e. The van der Waals surface area contributed by atoms with Gasteiger partial charge in [-0.3, -0.25) is 9.59 Å². The number of ether oxygens (including phenoxy) is 1. The minimum absolute atomic E-state index is 0.0408. The molecule has 0 bridgehead atoms. The van der Waals surface area contributed by atoms with Crippen molar-refractivity contribution in [3.8, 4) is 11.1 Å². The van der Waals surface area contributed by atoms with Gasteiger partial charge in [0.25, 0.3) is 0 Å². The van der Waals surface area contributed by atoms with E-state index in [0.717, 1.165) is 47.9 Å². The highest BCUT2D eigenvalue weighted by molar-refractivity contribution is 5.85.